The van der Waals surface area contributed by atoms with Crippen LogP contribution in [0.5, 0.6) is 17.2 Å². The largest absolute Gasteiger partial charge is 0.497 e. The number of carbonyl (C=O) groups excluding carboxylic acids is 1. The molecule has 2 aromatic carbocycles. The molecule has 1 atom stereocenters. The van der Waals surface area contributed by atoms with Crippen LogP contribution in [0.1, 0.15) is 32.4 Å². The van der Waals surface area contributed by atoms with Crippen molar-refractivity contribution in [3.8, 4) is 17.2 Å². The molecule has 0 N–H and O–H groups in total. The third-order valence-corrected chi connectivity index (χ3v) is 6.19. The summed E-state index contributed by atoms with van der Waals surface area (Å²) < 4.78 is 16.3. The van der Waals surface area contributed by atoms with Gasteiger partial charge in [0.05, 0.1) is 27.4 Å². The number of ether oxygens (including phenoxy) is 3. The van der Waals surface area contributed by atoms with Crippen LogP contribution in [0.4, 0.5) is 0 Å². The molecule has 1 aliphatic heterocycles. The molecule has 2 heterocycles. The number of amides is 1. The maximum absolute atomic E-state index is 13.5. The fourth-order valence-electron chi connectivity index (χ4n) is 3.84. The molecule has 0 radical (unpaired) electrons. The molecule has 29 heavy (non-hydrogen) atoms. The van der Waals surface area contributed by atoms with E-state index < -0.39 is 0 Å². The monoisotopic (exact) mass is 409 g/mol. The van der Waals surface area contributed by atoms with Crippen LogP contribution in [0.25, 0.3) is 0 Å². The van der Waals surface area contributed by atoms with Crippen molar-refractivity contribution >= 4 is 17.2 Å². The number of nitrogens with zero attached hydrogens (tertiary/aromatic N) is 1. The molecule has 1 aliphatic rings. The highest BCUT2D eigenvalue weighted by Crippen LogP contribution is 2.42. The Morgan fingerprint density at radius 3 is 2.48 bits per heavy atom. The molecule has 1 amide bonds. The van der Waals surface area contributed by atoms with Gasteiger partial charge in [-0.25, -0.2) is 0 Å². The van der Waals surface area contributed by atoms with Crippen LogP contribution in [-0.2, 0) is 6.42 Å². The van der Waals surface area contributed by atoms with E-state index in [0.29, 0.717) is 29.4 Å². The summed E-state index contributed by atoms with van der Waals surface area (Å²) in [6, 6.07) is 15.3. The topological polar surface area (TPSA) is 48.0 Å². The summed E-state index contributed by atoms with van der Waals surface area (Å²) in [6.07, 6.45) is 0.757. The third kappa shape index (κ3) is 3.56. The number of hydrogen-bond donors (Lipinski definition) is 0. The fourth-order valence-corrected chi connectivity index (χ4v) is 4.69. The first kappa shape index (κ1) is 19.3. The smallest absolute Gasteiger partial charge is 0.254 e. The predicted molar refractivity (Wildman–Crippen MR) is 113 cm³/mol. The van der Waals surface area contributed by atoms with Gasteiger partial charge in [-0.3, -0.25) is 4.79 Å². The number of fused-ring (bicyclic) bond motifs is 1. The van der Waals surface area contributed by atoms with Crippen LogP contribution in [0.3, 0.4) is 0 Å². The van der Waals surface area contributed by atoms with Crippen LogP contribution in [-0.4, -0.2) is 38.7 Å². The molecule has 0 saturated carbocycles. The normalized spacial score (nSPS) is 15.6. The van der Waals surface area contributed by atoms with E-state index in [9.17, 15) is 4.79 Å². The minimum Gasteiger partial charge on any atom is -0.497 e. The summed E-state index contributed by atoms with van der Waals surface area (Å²) in [4.78, 5) is 16.5. The second-order valence-electron chi connectivity index (χ2n) is 6.80. The van der Waals surface area contributed by atoms with Crippen LogP contribution < -0.4 is 14.2 Å². The summed E-state index contributed by atoms with van der Waals surface area (Å²) in [5.74, 6) is 2.04. The lowest BCUT2D eigenvalue weighted by atomic mass is 9.90. The molecule has 0 unspecified atom stereocenters. The molecular formula is C23H23NO4S. The lowest BCUT2D eigenvalue weighted by molar-refractivity contribution is 0.0696. The van der Waals surface area contributed by atoms with Crippen molar-refractivity contribution in [3.63, 3.8) is 0 Å². The van der Waals surface area contributed by atoms with E-state index in [1.807, 2.05) is 46.7 Å². The lowest BCUT2D eigenvalue weighted by Crippen LogP contribution is -2.40. The van der Waals surface area contributed by atoms with Gasteiger partial charge in [0.2, 0.25) is 0 Å². The predicted octanol–water partition coefficient (Wildman–Crippen LogP) is 4.56. The molecule has 6 heteroatoms. The Labute approximate surface area is 174 Å². The Hall–Kier alpha value is -2.99. The van der Waals surface area contributed by atoms with E-state index in [1.54, 1.807) is 38.7 Å². The molecule has 0 aliphatic carbocycles. The Morgan fingerprint density at radius 1 is 1.00 bits per heavy atom. The van der Waals surface area contributed by atoms with Crippen molar-refractivity contribution in [2.75, 3.05) is 27.9 Å². The highest BCUT2D eigenvalue weighted by Gasteiger charge is 2.34. The summed E-state index contributed by atoms with van der Waals surface area (Å²) >= 11 is 1.65. The van der Waals surface area contributed by atoms with E-state index in [0.717, 1.165) is 16.9 Å². The van der Waals surface area contributed by atoms with Gasteiger partial charge in [0.1, 0.15) is 5.75 Å². The zero-order valence-corrected chi connectivity index (χ0v) is 17.5. The molecule has 1 aromatic heterocycles. The zero-order valence-electron chi connectivity index (χ0n) is 16.7. The van der Waals surface area contributed by atoms with Crippen LogP contribution in [0.15, 0.2) is 53.9 Å². The maximum atomic E-state index is 13.5. The molecule has 5 nitrogen and oxygen atoms in total. The average Bonchev–Trinajstić information content (AvgIpc) is 3.31. The van der Waals surface area contributed by atoms with Crippen molar-refractivity contribution in [3.05, 3.63) is 75.5 Å². The number of rotatable bonds is 5. The Balaban J connectivity index is 1.80. The molecule has 0 saturated heterocycles. The van der Waals surface area contributed by atoms with Crippen LogP contribution in [0, 0.1) is 0 Å². The van der Waals surface area contributed by atoms with Gasteiger partial charge in [-0.05, 0) is 59.3 Å². The number of hydrogen-bond acceptors (Lipinski definition) is 5. The summed E-state index contributed by atoms with van der Waals surface area (Å²) in [5.41, 5.74) is 2.87. The quantitative estimate of drug-likeness (QED) is 0.620. The second kappa shape index (κ2) is 8.17. The maximum Gasteiger partial charge on any atom is 0.254 e. The van der Waals surface area contributed by atoms with Gasteiger partial charge < -0.3 is 19.1 Å². The third-order valence-electron chi connectivity index (χ3n) is 5.26. The van der Waals surface area contributed by atoms with Crippen LogP contribution >= 0.6 is 11.3 Å². The minimum atomic E-state index is -0.169. The molecule has 4 rings (SSSR count). The first-order valence-electron chi connectivity index (χ1n) is 9.39. The van der Waals surface area contributed by atoms with Crippen molar-refractivity contribution in [1.82, 2.24) is 4.90 Å². The first-order chi connectivity index (χ1) is 14.2. The number of benzene rings is 2. The van der Waals surface area contributed by atoms with Gasteiger partial charge in [-0.1, -0.05) is 12.1 Å². The van der Waals surface area contributed by atoms with E-state index in [2.05, 4.69) is 6.07 Å². The van der Waals surface area contributed by atoms with Gasteiger partial charge in [-0.15, -0.1) is 11.3 Å². The molecule has 3 aromatic rings. The van der Waals surface area contributed by atoms with E-state index in [-0.39, 0.29) is 11.9 Å². The highest BCUT2D eigenvalue weighted by atomic mass is 32.1. The molecule has 150 valence electrons. The van der Waals surface area contributed by atoms with Gasteiger partial charge in [-0.2, -0.15) is 0 Å². The van der Waals surface area contributed by atoms with Gasteiger partial charge in [0.25, 0.3) is 5.91 Å². The van der Waals surface area contributed by atoms with E-state index in [1.165, 1.54) is 5.56 Å². The molecule has 0 spiro atoms. The fraction of sp³-hybridized carbons (Fsp3) is 0.261. The Morgan fingerprint density at radius 2 is 1.79 bits per heavy atom. The second-order valence-corrected chi connectivity index (χ2v) is 7.78. The van der Waals surface area contributed by atoms with E-state index >= 15 is 0 Å². The Kier molecular flexibility index (Phi) is 5.45. The number of methoxy groups -OCH3 is 3. The molecule has 0 bridgehead atoms. The zero-order chi connectivity index (χ0) is 20.4. The first-order valence-corrected chi connectivity index (χ1v) is 10.3. The number of carbonyl (C=O) groups is 1. The standard InChI is InChI=1S/C23H23NO4S/c1-26-17-7-4-6-16(12-17)23(25)24-10-9-15-13-19(27-2)20(28-3)14-18(15)22(24)21-8-5-11-29-21/h4-8,11-14,22H,9-10H2,1-3H3/t22-/m0/s1. The van der Waals surface area contributed by atoms with Crippen molar-refractivity contribution < 1.29 is 19.0 Å². The minimum absolute atomic E-state index is 0.0114. The van der Waals surface area contributed by atoms with Gasteiger partial charge in [0, 0.05) is 17.0 Å². The Bertz CT molecular complexity index is 1020. The van der Waals surface area contributed by atoms with Crippen molar-refractivity contribution in [2.45, 2.75) is 12.5 Å². The van der Waals surface area contributed by atoms with Crippen molar-refractivity contribution in [1.29, 1.82) is 0 Å². The van der Waals surface area contributed by atoms with E-state index in [4.69, 9.17) is 14.2 Å². The lowest BCUT2D eigenvalue weighted by Gasteiger charge is -2.37. The summed E-state index contributed by atoms with van der Waals surface area (Å²) in [6.45, 7) is 0.626. The SMILES string of the molecule is COc1cccc(C(=O)N2CCc3cc(OC)c(OC)cc3[C@H]2c2cccs2)c1. The van der Waals surface area contributed by atoms with Gasteiger partial charge in [0.15, 0.2) is 11.5 Å². The highest BCUT2D eigenvalue weighted by molar-refractivity contribution is 7.10. The number of thiophene rings is 1. The molecular weight excluding hydrogens is 386 g/mol. The van der Waals surface area contributed by atoms with Crippen molar-refractivity contribution in [2.24, 2.45) is 0 Å². The molecule has 0 fully saturated rings. The summed E-state index contributed by atoms with van der Waals surface area (Å²) in [5, 5.41) is 2.04. The van der Waals surface area contributed by atoms with Gasteiger partial charge >= 0.3 is 0 Å². The average molecular weight is 410 g/mol. The summed E-state index contributed by atoms with van der Waals surface area (Å²) in [7, 11) is 4.88. The van der Waals surface area contributed by atoms with Crippen LogP contribution in [0.2, 0.25) is 0 Å².